The summed E-state index contributed by atoms with van der Waals surface area (Å²) in [5.41, 5.74) is 4.72. The zero-order valence-corrected chi connectivity index (χ0v) is 10.9. The molecule has 19 heavy (non-hydrogen) atoms. The Kier molecular flexibility index (Phi) is 5.95. The predicted octanol–water partition coefficient (Wildman–Crippen LogP) is 3.52. The van der Waals surface area contributed by atoms with E-state index >= 15 is 0 Å². The number of methoxy groups -OCH3 is 1. The summed E-state index contributed by atoms with van der Waals surface area (Å²) in [5, 5.41) is 2.96. The van der Waals surface area contributed by atoms with E-state index in [1.54, 1.807) is 13.2 Å². The maximum absolute atomic E-state index is 12.6. The van der Waals surface area contributed by atoms with Crippen LogP contribution in [-0.4, -0.2) is 20.3 Å². The van der Waals surface area contributed by atoms with Crippen molar-refractivity contribution in [3.8, 4) is 0 Å². The van der Waals surface area contributed by atoms with Crippen molar-refractivity contribution in [3.63, 3.8) is 0 Å². The molecule has 1 aromatic carbocycles. The molecule has 108 valence electrons. The SMILES string of the molecule is COCCCCCNc1ccc(N)c(C(F)(F)F)c1. The fraction of sp³-hybridized carbons (Fsp3) is 0.538. The van der Waals surface area contributed by atoms with Crippen molar-refractivity contribution in [2.24, 2.45) is 0 Å². The highest BCUT2D eigenvalue weighted by Crippen LogP contribution is 2.35. The van der Waals surface area contributed by atoms with Gasteiger partial charge in [-0.15, -0.1) is 0 Å². The standard InChI is InChI=1S/C13H19F3N2O/c1-19-8-4-2-3-7-18-10-5-6-12(17)11(9-10)13(14,15)16/h5-6,9,18H,2-4,7-8,17H2,1H3. The van der Waals surface area contributed by atoms with Gasteiger partial charge in [-0.05, 0) is 37.5 Å². The van der Waals surface area contributed by atoms with Gasteiger partial charge in [0.15, 0.2) is 0 Å². The number of benzene rings is 1. The molecule has 0 fully saturated rings. The molecule has 0 saturated carbocycles. The number of hydrogen-bond donors (Lipinski definition) is 2. The molecule has 3 N–H and O–H groups in total. The molecule has 0 saturated heterocycles. The van der Waals surface area contributed by atoms with Crippen LogP contribution >= 0.6 is 0 Å². The number of nitrogen functional groups attached to an aromatic ring is 1. The van der Waals surface area contributed by atoms with Crippen molar-refractivity contribution in [3.05, 3.63) is 23.8 Å². The van der Waals surface area contributed by atoms with Crippen molar-refractivity contribution in [2.45, 2.75) is 25.4 Å². The Morgan fingerprint density at radius 2 is 1.95 bits per heavy atom. The number of nitrogens with one attached hydrogen (secondary N) is 1. The van der Waals surface area contributed by atoms with E-state index in [4.69, 9.17) is 10.5 Å². The average molecular weight is 276 g/mol. The lowest BCUT2D eigenvalue weighted by molar-refractivity contribution is -0.136. The lowest BCUT2D eigenvalue weighted by atomic mass is 10.1. The second-order valence-corrected chi connectivity index (χ2v) is 4.28. The molecule has 0 unspecified atom stereocenters. The summed E-state index contributed by atoms with van der Waals surface area (Å²) in [7, 11) is 1.64. The van der Waals surface area contributed by atoms with Crippen molar-refractivity contribution < 1.29 is 17.9 Å². The molecular formula is C13H19F3N2O. The first-order valence-corrected chi connectivity index (χ1v) is 6.14. The molecule has 6 heteroatoms. The van der Waals surface area contributed by atoms with E-state index in [1.165, 1.54) is 6.07 Å². The minimum Gasteiger partial charge on any atom is -0.398 e. The number of anilines is 2. The summed E-state index contributed by atoms with van der Waals surface area (Å²) in [6, 6.07) is 3.88. The summed E-state index contributed by atoms with van der Waals surface area (Å²) in [6.45, 7) is 1.34. The molecular weight excluding hydrogens is 257 g/mol. The number of halogens is 3. The van der Waals surface area contributed by atoms with Crippen LogP contribution in [0.5, 0.6) is 0 Å². The molecule has 1 rings (SSSR count). The van der Waals surface area contributed by atoms with Gasteiger partial charge < -0.3 is 15.8 Å². The molecule has 0 amide bonds. The topological polar surface area (TPSA) is 47.3 Å². The molecule has 0 aromatic heterocycles. The van der Waals surface area contributed by atoms with Crippen LogP contribution in [0.4, 0.5) is 24.5 Å². The Balaban J connectivity index is 2.47. The van der Waals surface area contributed by atoms with Crippen molar-refractivity contribution in [2.75, 3.05) is 31.3 Å². The smallest absolute Gasteiger partial charge is 0.398 e. The highest BCUT2D eigenvalue weighted by atomic mass is 19.4. The normalized spacial score (nSPS) is 11.6. The van der Waals surface area contributed by atoms with Gasteiger partial charge in [0.05, 0.1) is 5.56 Å². The minimum atomic E-state index is -4.42. The average Bonchev–Trinajstić information content (AvgIpc) is 2.34. The van der Waals surface area contributed by atoms with Crippen LogP contribution in [0.15, 0.2) is 18.2 Å². The molecule has 0 aliphatic heterocycles. The number of unbranched alkanes of at least 4 members (excludes halogenated alkanes) is 2. The number of ether oxygens (including phenoxy) is 1. The Bertz CT molecular complexity index is 394. The number of alkyl halides is 3. The Labute approximate surface area is 110 Å². The Morgan fingerprint density at radius 1 is 1.21 bits per heavy atom. The number of rotatable bonds is 7. The fourth-order valence-corrected chi connectivity index (χ4v) is 1.69. The van der Waals surface area contributed by atoms with E-state index in [-0.39, 0.29) is 5.69 Å². The third kappa shape index (κ3) is 5.38. The largest absolute Gasteiger partial charge is 0.418 e. The van der Waals surface area contributed by atoms with Crippen molar-refractivity contribution in [1.82, 2.24) is 0 Å². The van der Waals surface area contributed by atoms with E-state index in [0.717, 1.165) is 25.3 Å². The van der Waals surface area contributed by atoms with Gasteiger partial charge in [0.25, 0.3) is 0 Å². The summed E-state index contributed by atoms with van der Waals surface area (Å²) >= 11 is 0. The summed E-state index contributed by atoms with van der Waals surface area (Å²) in [5.74, 6) is 0. The molecule has 3 nitrogen and oxygen atoms in total. The molecule has 0 spiro atoms. The van der Waals surface area contributed by atoms with Crippen LogP contribution in [0.2, 0.25) is 0 Å². The minimum absolute atomic E-state index is 0.252. The van der Waals surface area contributed by atoms with Crippen LogP contribution < -0.4 is 11.1 Å². The van der Waals surface area contributed by atoms with E-state index in [9.17, 15) is 13.2 Å². The van der Waals surface area contributed by atoms with Gasteiger partial charge in [-0.2, -0.15) is 13.2 Å². The molecule has 1 aromatic rings. The Hall–Kier alpha value is -1.43. The molecule has 0 radical (unpaired) electrons. The Morgan fingerprint density at radius 3 is 2.58 bits per heavy atom. The summed E-state index contributed by atoms with van der Waals surface area (Å²) in [6.07, 6.45) is -1.61. The van der Waals surface area contributed by atoms with E-state index in [1.807, 2.05) is 0 Å². The predicted molar refractivity (Wildman–Crippen MR) is 70.1 cm³/mol. The van der Waals surface area contributed by atoms with Crippen molar-refractivity contribution >= 4 is 11.4 Å². The molecule has 0 atom stereocenters. The van der Waals surface area contributed by atoms with Gasteiger partial charge in [-0.1, -0.05) is 0 Å². The molecule has 0 aliphatic rings. The molecule has 0 heterocycles. The van der Waals surface area contributed by atoms with Gasteiger partial charge in [0.1, 0.15) is 0 Å². The third-order valence-electron chi connectivity index (χ3n) is 2.71. The van der Waals surface area contributed by atoms with Gasteiger partial charge >= 0.3 is 6.18 Å². The van der Waals surface area contributed by atoms with Gasteiger partial charge in [-0.25, -0.2) is 0 Å². The first-order chi connectivity index (χ1) is 8.95. The van der Waals surface area contributed by atoms with Crippen LogP contribution in [0.1, 0.15) is 24.8 Å². The van der Waals surface area contributed by atoms with Crippen LogP contribution in [0.25, 0.3) is 0 Å². The summed E-state index contributed by atoms with van der Waals surface area (Å²) < 4.78 is 42.8. The molecule has 0 bridgehead atoms. The van der Waals surface area contributed by atoms with Crippen LogP contribution in [-0.2, 0) is 10.9 Å². The van der Waals surface area contributed by atoms with Gasteiger partial charge in [0, 0.05) is 31.6 Å². The first-order valence-electron chi connectivity index (χ1n) is 6.14. The second kappa shape index (κ2) is 7.23. The maximum Gasteiger partial charge on any atom is 0.418 e. The van der Waals surface area contributed by atoms with E-state index in [0.29, 0.717) is 18.8 Å². The third-order valence-corrected chi connectivity index (χ3v) is 2.71. The van der Waals surface area contributed by atoms with Gasteiger partial charge in [-0.3, -0.25) is 0 Å². The van der Waals surface area contributed by atoms with Crippen LogP contribution in [0.3, 0.4) is 0 Å². The first kappa shape index (κ1) is 15.6. The van der Waals surface area contributed by atoms with E-state index < -0.39 is 11.7 Å². The maximum atomic E-state index is 12.6. The van der Waals surface area contributed by atoms with E-state index in [2.05, 4.69) is 5.32 Å². The highest BCUT2D eigenvalue weighted by molar-refractivity contribution is 5.58. The van der Waals surface area contributed by atoms with Crippen molar-refractivity contribution in [1.29, 1.82) is 0 Å². The van der Waals surface area contributed by atoms with Gasteiger partial charge in [0.2, 0.25) is 0 Å². The monoisotopic (exact) mass is 276 g/mol. The zero-order valence-electron chi connectivity index (χ0n) is 10.9. The zero-order chi connectivity index (χ0) is 14.3. The lowest BCUT2D eigenvalue weighted by Crippen LogP contribution is -2.10. The number of hydrogen-bond acceptors (Lipinski definition) is 3. The summed E-state index contributed by atoms with van der Waals surface area (Å²) in [4.78, 5) is 0. The van der Waals surface area contributed by atoms with Crippen LogP contribution in [0, 0.1) is 0 Å². The highest BCUT2D eigenvalue weighted by Gasteiger charge is 2.33. The number of nitrogens with two attached hydrogens (primary N) is 1. The quantitative estimate of drug-likeness (QED) is 0.591. The second-order valence-electron chi connectivity index (χ2n) is 4.28. The lowest BCUT2D eigenvalue weighted by Gasteiger charge is -2.13. The fourth-order valence-electron chi connectivity index (χ4n) is 1.69. The molecule has 0 aliphatic carbocycles.